The Hall–Kier alpha value is -0.930. The van der Waals surface area contributed by atoms with E-state index in [1.807, 2.05) is 13.8 Å². The van der Waals surface area contributed by atoms with Gasteiger partial charge in [0.25, 0.3) is 0 Å². The van der Waals surface area contributed by atoms with Crippen LogP contribution in [0.4, 0.5) is 5.69 Å². The summed E-state index contributed by atoms with van der Waals surface area (Å²) in [7, 11) is 0. The number of anilines is 1. The minimum Gasteiger partial charge on any atom is -0.489 e. The monoisotopic (exact) mass is 261 g/mol. The summed E-state index contributed by atoms with van der Waals surface area (Å²) in [5.41, 5.74) is 0.616. The van der Waals surface area contributed by atoms with Crippen LogP contribution in [-0.4, -0.2) is 17.9 Å². The van der Waals surface area contributed by atoms with Gasteiger partial charge in [0.05, 0.1) is 11.1 Å². The van der Waals surface area contributed by atoms with Gasteiger partial charge in [0, 0.05) is 11.8 Å². The van der Waals surface area contributed by atoms with E-state index < -0.39 is 0 Å². The molecule has 1 amide bonds. The van der Waals surface area contributed by atoms with Crippen LogP contribution < -0.4 is 10.1 Å². The van der Waals surface area contributed by atoms with Crippen molar-refractivity contribution in [3.63, 3.8) is 0 Å². The lowest BCUT2D eigenvalue weighted by Gasteiger charge is -2.12. The first-order chi connectivity index (χ1) is 7.52. The van der Waals surface area contributed by atoms with Gasteiger partial charge in [0.15, 0.2) is 0 Å². The number of rotatable bonds is 4. The molecule has 16 heavy (non-hydrogen) atoms. The second-order valence-electron chi connectivity index (χ2n) is 3.49. The Bertz CT molecular complexity index is 380. The average Bonchev–Trinajstić information content (AvgIpc) is 2.22. The number of carbonyl (C=O) groups is 1. The molecule has 0 aliphatic rings. The Morgan fingerprint density at radius 1 is 1.50 bits per heavy atom. The molecule has 0 saturated carbocycles. The lowest BCUT2D eigenvalue weighted by Crippen LogP contribution is -2.13. The molecule has 1 aromatic rings. The summed E-state index contributed by atoms with van der Waals surface area (Å²) in [5.74, 6) is 0.201. The lowest BCUT2D eigenvalue weighted by atomic mass is 10.3. The number of amides is 1. The molecule has 1 N–H and O–H groups in total. The van der Waals surface area contributed by atoms with E-state index >= 15 is 0 Å². The second kappa shape index (κ2) is 5.97. The molecular weight excluding hydrogens is 249 g/mol. The van der Waals surface area contributed by atoms with Crippen LogP contribution in [0.25, 0.3) is 0 Å². The molecule has 0 aromatic heterocycles. The molecule has 0 atom stereocenters. The van der Waals surface area contributed by atoms with E-state index in [9.17, 15) is 4.79 Å². The topological polar surface area (TPSA) is 38.3 Å². The largest absolute Gasteiger partial charge is 0.489 e. The molecule has 0 spiro atoms. The van der Waals surface area contributed by atoms with Crippen LogP contribution in [0.2, 0.25) is 5.02 Å². The molecule has 1 aromatic carbocycles. The maximum Gasteiger partial charge on any atom is 0.239 e. The SMILES string of the molecule is CC(C)Oc1cc(NC(=O)CCl)ccc1Cl. The zero-order valence-corrected chi connectivity index (χ0v) is 10.6. The Labute approximate surface area is 105 Å². The van der Waals surface area contributed by atoms with E-state index in [1.165, 1.54) is 0 Å². The summed E-state index contributed by atoms with van der Waals surface area (Å²) in [6.07, 6.45) is 0.0245. The van der Waals surface area contributed by atoms with Gasteiger partial charge in [-0.25, -0.2) is 0 Å². The molecule has 0 unspecified atom stereocenters. The second-order valence-corrected chi connectivity index (χ2v) is 4.17. The lowest BCUT2D eigenvalue weighted by molar-refractivity contribution is -0.113. The van der Waals surface area contributed by atoms with Crippen LogP contribution in [0.3, 0.4) is 0 Å². The highest BCUT2D eigenvalue weighted by Gasteiger charge is 2.07. The summed E-state index contributed by atoms with van der Waals surface area (Å²) in [4.78, 5) is 11.1. The van der Waals surface area contributed by atoms with E-state index in [0.717, 1.165) is 0 Å². The minimum atomic E-state index is -0.264. The van der Waals surface area contributed by atoms with Gasteiger partial charge in [0.1, 0.15) is 11.6 Å². The highest BCUT2D eigenvalue weighted by molar-refractivity contribution is 6.32. The van der Waals surface area contributed by atoms with Gasteiger partial charge in [-0.15, -0.1) is 11.6 Å². The number of hydrogen-bond donors (Lipinski definition) is 1. The number of carbonyl (C=O) groups excluding carboxylic acids is 1. The fraction of sp³-hybridized carbons (Fsp3) is 0.364. The van der Waals surface area contributed by atoms with Gasteiger partial charge in [-0.05, 0) is 26.0 Å². The van der Waals surface area contributed by atoms with Gasteiger partial charge in [-0.2, -0.15) is 0 Å². The molecular formula is C11H13Cl2NO2. The summed E-state index contributed by atoms with van der Waals surface area (Å²) in [6, 6.07) is 5.04. The summed E-state index contributed by atoms with van der Waals surface area (Å²) >= 11 is 11.3. The standard InChI is InChI=1S/C11H13Cl2NO2/c1-7(2)16-10-5-8(3-4-9(10)13)14-11(15)6-12/h3-5,7H,6H2,1-2H3,(H,14,15). The molecule has 5 heteroatoms. The van der Waals surface area contributed by atoms with E-state index in [2.05, 4.69) is 5.32 Å². The van der Waals surface area contributed by atoms with Crippen molar-refractivity contribution in [2.45, 2.75) is 20.0 Å². The molecule has 88 valence electrons. The van der Waals surface area contributed by atoms with Crippen LogP contribution >= 0.6 is 23.2 Å². The molecule has 0 saturated heterocycles. The Morgan fingerprint density at radius 3 is 2.75 bits per heavy atom. The van der Waals surface area contributed by atoms with E-state index in [0.29, 0.717) is 16.5 Å². The number of hydrogen-bond acceptors (Lipinski definition) is 2. The van der Waals surface area contributed by atoms with Crippen LogP contribution in [0.15, 0.2) is 18.2 Å². The first kappa shape index (κ1) is 13.1. The quantitative estimate of drug-likeness (QED) is 0.845. The molecule has 0 aliphatic carbocycles. The third kappa shape index (κ3) is 3.91. The fourth-order valence-corrected chi connectivity index (χ4v) is 1.35. The Kier molecular flexibility index (Phi) is 4.90. The fourth-order valence-electron chi connectivity index (χ4n) is 1.12. The van der Waals surface area contributed by atoms with Gasteiger partial charge >= 0.3 is 0 Å². The van der Waals surface area contributed by atoms with Gasteiger partial charge in [0.2, 0.25) is 5.91 Å². The molecule has 1 rings (SSSR count). The summed E-state index contributed by atoms with van der Waals surface area (Å²) < 4.78 is 5.48. The molecule has 0 bridgehead atoms. The normalized spacial score (nSPS) is 10.3. The van der Waals surface area contributed by atoms with Gasteiger partial charge in [-0.1, -0.05) is 11.6 Å². The molecule has 0 radical (unpaired) electrons. The Morgan fingerprint density at radius 2 is 2.19 bits per heavy atom. The van der Waals surface area contributed by atoms with Crippen LogP contribution in [0.5, 0.6) is 5.75 Å². The van der Waals surface area contributed by atoms with Crippen molar-refractivity contribution in [3.8, 4) is 5.75 Å². The van der Waals surface area contributed by atoms with Crippen molar-refractivity contribution < 1.29 is 9.53 Å². The van der Waals surface area contributed by atoms with Crippen molar-refractivity contribution in [1.82, 2.24) is 0 Å². The highest BCUT2D eigenvalue weighted by Crippen LogP contribution is 2.28. The van der Waals surface area contributed by atoms with Crippen molar-refractivity contribution in [2.75, 3.05) is 11.2 Å². The number of halogens is 2. The van der Waals surface area contributed by atoms with Crippen molar-refractivity contribution in [2.24, 2.45) is 0 Å². The zero-order chi connectivity index (χ0) is 12.1. The summed E-state index contributed by atoms with van der Waals surface area (Å²) in [6.45, 7) is 3.81. The average molecular weight is 262 g/mol. The maximum absolute atomic E-state index is 11.1. The number of nitrogens with one attached hydrogen (secondary N) is 1. The van der Waals surface area contributed by atoms with Crippen molar-refractivity contribution in [1.29, 1.82) is 0 Å². The first-order valence-corrected chi connectivity index (χ1v) is 5.76. The number of alkyl halides is 1. The smallest absolute Gasteiger partial charge is 0.239 e. The predicted molar refractivity (Wildman–Crippen MR) is 66.6 cm³/mol. The zero-order valence-electron chi connectivity index (χ0n) is 9.09. The number of ether oxygens (including phenoxy) is 1. The summed E-state index contributed by atoms with van der Waals surface area (Å²) in [5, 5.41) is 3.13. The number of benzene rings is 1. The van der Waals surface area contributed by atoms with E-state index in [4.69, 9.17) is 27.9 Å². The van der Waals surface area contributed by atoms with Crippen molar-refractivity contribution >= 4 is 34.8 Å². The molecule has 0 aliphatic heterocycles. The maximum atomic E-state index is 11.1. The molecule has 0 heterocycles. The third-order valence-electron chi connectivity index (χ3n) is 1.70. The van der Waals surface area contributed by atoms with Crippen LogP contribution in [0.1, 0.15) is 13.8 Å². The van der Waals surface area contributed by atoms with E-state index in [1.54, 1.807) is 18.2 Å². The first-order valence-electron chi connectivity index (χ1n) is 4.85. The molecule has 0 fully saturated rings. The van der Waals surface area contributed by atoms with Crippen molar-refractivity contribution in [3.05, 3.63) is 23.2 Å². The van der Waals surface area contributed by atoms with Gasteiger partial charge in [-0.3, -0.25) is 4.79 Å². The minimum absolute atomic E-state index is 0.0245. The predicted octanol–water partition coefficient (Wildman–Crippen LogP) is 3.30. The van der Waals surface area contributed by atoms with Gasteiger partial charge < -0.3 is 10.1 Å². The van der Waals surface area contributed by atoms with Crippen LogP contribution in [-0.2, 0) is 4.79 Å². The van der Waals surface area contributed by atoms with E-state index in [-0.39, 0.29) is 17.9 Å². The highest BCUT2D eigenvalue weighted by atomic mass is 35.5. The Balaban J connectivity index is 2.84. The third-order valence-corrected chi connectivity index (χ3v) is 2.25. The van der Waals surface area contributed by atoms with Crippen LogP contribution in [0, 0.1) is 0 Å². The molecule has 3 nitrogen and oxygen atoms in total.